The number of rotatable bonds is 4. The zero-order valence-corrected chi connectivity index (χ0v) is 11.7. The third-order valence-electron chi connectivity index (χ3n) is 2.33. The highest BCUT2D eigenvalue weighted by molar-refractivity contribution is 7.92. The second-order valence-corrected chi connectivity index (χ2v) is 5.83. The number of carbonyl (C=O) groups is 1. The first-order chi connectivity index (χ1) is 9.29. The van der Waals surface area contributed by atoms with Crippen molar-refractivity contribution in [1.82, 2.24) is 4.98 Å². The van der Waals surface area contributed by atoms with Gasteiger partial charge in [-0.15, -0.1) is 0 Å². The standard InChI is InChI=1S/C11H9ClN2O5S/c1-6-8(5-7(19-6)11(15)16)20(17,18)14-10-4-2-3-9(12)13-10/h2-5H,1H3,(H,13,14)(H,15,16). The molecule has 0 atom stereocenters. The van der Waals surface area contributed by atoms with Crippen LogP contribution >= 0.6 is 11.6 Å². The van der Waals surface area contributed by atoms with Gasteiger partial charge in [0.1, 0.15) is 21.6 Å². The van der Waals surface area contributed by atoms with Gasteiger partial charge in [0.05, 0.1) is 0 Å². The summed E-state index contributed by atoms with van der Waals surface area (Å²) in [6.45, 7) is 1.35. The van der Waals surface area contributed by atoms with Gasteiger partial charge in [-0.25, -0.2) is 18.2 Å². The minimum atomic E-state index is -4.00. The molecule has 106 valence electrons. The van der Waals surface area contributed by atoms with Crippen molar-refractivity contribution >= 4 is 33.4 Å². The van der Waals surface area contributed by atoms with Gasteiger partial charge in [-0.05, 0) is 19.1 Å². The summed E-state index contributed by atoms with van der Waals surface area (Å²) in [6, 6.07) is 5.37. The van der Waals surface area contributed by atoms with Gasteiger partial charge in [0.15, 0.2) is 0 Å². The number of sulfonamides is 1. The lowest BCUT2D eigenvalue weighted by molar-refractivity contribution is 0.0661. The largest absolute Gasteiger partial charge is 0.475 e. The van der Waals surface area contributed by atoms with Crippen LogP contribution in [0.1, 0.15) is 16.3 Å². The maximum absolute atomic E-state index is 12.1. The summed E-state index contributed by atoms with van der Waals surface area (Å²) in [4.78, 5) is 14.3. The van der Waals surface area contributed by atoms with Gasteiger partial charge in [-0.1, -0.05) is 17.7 Å². The Morgan fingerprint density at radius 1 is 1.45 bits per heavy atom. The molecule has 0 aliphatic rings. The molecular formula is C11H9ClN2O5S. The van der Waals surface area contributed by atoms with Crippen molar-refractivity contribution in [3.8, 4) is 0 Å². The highest BCUT2D eigenvalue weighted by Crippen LogP contribution is 2.22. The molecule has 0 aliphatic carbocycles. The van der Waals surface area contributed by atoms with Crippen LogP contribution in [0.5, 0.6) is 0 Å². The number of aryl methyl sites for hydroxylation is 1. The maximum Gasteiger partial charge on any atom is 0.371 e. The molecule has 0 saturated carbocycles. The first-order valence-electron chi connectivity index (χ1n) is 5.29. The van der Waals surface area contributed by atoms with E-state index in [1.165, 1.54) is 25.1 Å². The average Bonchev–Trinajstić information content (AvgIpc) is 2.71. The number of hydrogen-bond acceptors (Lipinski definition) is 5. The molecule has 2 aromatic rings. The van der Waals surface area contributed by atoms with Gasteiger partial charge in [-0.3, -0.25) is 4.72 Å². The molecule has 20 heavy (non-hydrogen) atoms. The number of hydrogen-bond donors (Lipinski definition) is 2. The van der Waals surface area contributed by atoms with Crippen molar-refractivity contribution < 1.29 is 22.7 Å². The van der Waals surface area contributed by atoms with Crippen molar-refractivity contribution in [2.75, 3.05) is 4.72 Å². The minimum Gasteiger partial charge on any atom is -0.475 e. The second kappa shape index (κ2) is 5.14. The van der Waals surface area contributed by atoms with Gasteiger partial charge in [0, 0.05) is 6.07 Å². The molecule has 0 aromatic carbocycles. The first-order valence-corrected chi connectivity index (χ1v) is 7.15. The highest BCUT2D eigenvalue weighted by atomic mass is 35.5. The minimum absolute atomic E-state index is 0.0231. The molecule has 0 spiro atoms. The smallest absolute Gasteiger partial charge is 0.371 e. The topological polar surface area (TPSA) is 109 Å². The van der Waals surface area contributed by atoms with E-state index in [4.69, 9.17) is 21.1 Å². The van der Waals surface area contributed by atoms with Crippen LogP contribution in [0.2, 0.25) is 5.15 Å². The van der Waals surface area contributed by atoms with Crippen LogP contribution in [-0.2, 0) is 10.0 Å². The van der Waals surface area contributed by atoms with E-state index in [0.29, 0.717) is 0 Å². The van der Waals surface area contributed by atoms with E-state index >= 15 is 0 Å². The monoisotopic (exact) mass is 316 g/mol. The van der Waals surface area contributed by atoms with Crippen molar-refractivity contribution in [1.29, 1.82) is 0 Å². The number of aromatic nitrogens is 1. The van der Waals surface area contributed by atoms with Crippen molar-refractivity contribution in [2.45, 2.75) is 11.8 Å². The van der Waals surface area contributed by atoms with E-state index in [-0.39, 0.29) is 21.6 Å². The fourth-order valence-electron chi connectivity index (χ4n) is 1.50. The third kappa shape index (κ3) is 2.91. The normalized spacial score (nSPS) is 11.3. The zero-order chi connectivity index (χ0) is 14.9. The quantitative estimate of drug-likeness (QED) is 0.836. The Hall–Kier alpha value is -2.06. The van der Waals surface area contributed by atoms with E-state index < -0.39 is 21.8 Å². The van der Waals surface area contributed by atoms with E-state index in [1.807, 2.05) is 0 Å². The molecule has 2 N–H and O–H groups in total. The highest BCUT2D eigenvalue weighted by Gasteiger charge is 2.24. The van der Waals surface area contributed by atoms with Crippen molar-refractivity contribution in [2.24, 2.45) is 0 Å². The molecule has 0 saturated heterocycles. The van der Waals surface area contributed by atoms with E-state index in [0.717, 1.165) is 6.07 Å². The molecule has 2 aromatic heterocycles. The fourth-order valence-corrected chi connectivity index (χ4v) is 2.84. The Morgan fingerprint density at radius 2 is 2.15 bits per heavy atom. The van der Waals surface area contributed by atoms with Crippen LogP contribution in [0.15, 0.2) is 33.6 Å². The Morgan fingerprint density at radius 3 is 2.70 bits per heavy atom. The Bertz CT molecular complexity index is 769. The Balaban J connectivity index is 2.38. The van der Waals surface area contributed by atoms with Crippen molar-refractivity contribution in [3.63, 3.8) is 0 Å². The van der Waals surface area contributed by atoms with Gasteiger partial charge in [-0.2, -0.15) is 0 Å². The van der Waals surface area contributed by atoms with E-state index in [2.05, 4.69) is 9.71 Å². The van der Waals surface area contributed by atoms with E-state index in [9.17, 15) is 13.2 Å². The summed E-state index contributed by atoms with van der Waals surface area (Å²) < 4.78 is 31.3. The summed E-state index contributed by atoms with van der Waals surface area (Å²) in [5.41, 5.74) is 0. The van der Waals surface area contributed by atoms with Crippen LogP contribution in [0.25, 0.3) is 0 Å². The van der Waals surface area contributed by atoms with Crippen molar-refractivity contribution in [3.05, 3.63) is 40.9 Å². The second-order valence-electron chi connectivity index (χ2n) is 3.79. The SMILES string of the molecule is Cc1oc(C(=O)O)cc1S(=O)(=O)Nc1cccc(Cl)n1. The number of pyridine rings is 1. The molecule has 2 heterocycles. The molecule has 0 amide bonds. The number of furan rings is 1. The molecular weight excluding hydrogens is 308 g/mol. The van der Waals surface area contributed by atoms with Crippen LogP contribution in [0, 0.1) is 6.92 Å². The van der Waals surface area contributed by atoms with Gasteiger partial charge in [0.25, 0.3) is 10.0 Å². The summed E-state index contributed by atoms with van der Waals surface area (Å²) in [5.74, 6) is -1.82. The summed E-state index contributed by atoms with van der Waals surface area (Å²) in [6.07, 6.45) is 0. The number of nitrogens with one attached hydrogen (secondary N) is 1. The van der Waals surface area contributed by atoms with Crippen LogP contribution in [-0.4, -0.2) is 24.5 Å². The summed E-state index contributed by atoms with van der Waals surface area (Å²) >= 11 is 5.65. The predicted molar refractivity (Wildman–Crippen MR) is 70.5 cm³/mol. The zero-order valence-electron chi connectivity index (χ0n) is 10.1. The third-order valence-corrected chi connectivity index (χ3v) is 4.00. The van der Waals surface area contributed by atoms with E-state index in [1.54, 1.807) is 0 Å². The van der Waals surface area contributed by atoms with Crippen LogP contribution in [0.3, 0.4) is 0 Å². The fraction of sp³-hybridized carbons (Fsp3) is 0.0909. The molecule has 0 fully saturated rings. The Labute approximate surface area is 119 Å². The first kappa shape index (κ1) is 14.4. The molecule has 0 unspecified atom stereocenters. The lowest BCUT2D eigenvalue weighted by Gasteiger charge is -2.05. The average molecular weight is 317 g/mol. The summed E-state index contributed by atoms with van der Waals surface area (Å²) in [7, 11) is -4.00. The predicted octanol–water partition coefficient (Wildman–Crippen LogP) is 2.14. The molecule has 0 radical (unpaired) electrons. The van der Waals surface area contributed by atoms with Crippen LogP contribution in [0.4, 0.5) is 5.82 Å². The number of carboxylic acid groups (broad SMARTS) is 1. The Kier molecular flexibility index (Phi) is 3.69. The lowest BCUT2D eigenvalue weighted by atomic mass is 10.4. The number of aromatic carboxylic acids is 1. The van der Waals surface area contributed by atoms with Gasteiger partial charge < -0.3 is 9.52 Å². The number of carboxylic acids is 1. The molecule has 9 heteroatoms. The number of nitrogens with zero attached hydrogens (tertiary/aromatic N) is 1. The maximum atomic E-state index is 12.1. The van der Waals surface area contributed by atoms with Gasteiger partial charge >= 0.3 is 5.97 Å². The molecule has 2 rings (SSSR count). The van der Waals surface area contributed by atoms with Gasteiger partial charge in [0.2, 0.25) is 5.76 Å². The number of anilines is 1. The molecule has 7 nitrogen and oxygen atoms in total. The van der Waals surface area contributed by atoms with Crippen LogP contribution < -0.4 is 4.72 Å². The lowest BCUT2D eigenvalue weighted by Crippen LogP contribution is -2.14. The molecule has 0 aliphatic heterocycles. The summed E-state index contributed by atoms with van der Waals surface area (Å²) in [5, 5.41) is 8.90. The number of halogens is 1. The molecule has 0 bridgehead atoms.